The summed E-state index contributed by atoms with van der Waals surface area (Å²) in [5, 5.41) is 38.2. The van der Waals surface area contributed by atoms with E-state index in [1.54, 1.807) is 0 Å². The number of aliphatic hydroxyl groups excluding tert-OH is 4. The van der Waals surface area contributed by atoms with Crippen molar-refractivity contribution in [2.24, 2.45) is 11.8 Å². The van der Waals surface area contributed by atoms with Gasteiger partial charge in [0.25, 0.3) is 0 Å². The van der Waals surface area contributed by atoms with Gasteiger partial charge in [0.15, 0.2) is 22.2 Å². The van der Waals surface area contributed by atoms with E-state index in [1.165, 1.54) is 0 Å². The molecule has 0 radical (unpaired) electrons. The van der Waals surface area contributed by atoms with Crippen molar-refractivity contribution in [2.75, 3.05) is 23.0 Å². The maximum Gasteiger partial charge on any atom is 0.175 e. The lowest BCUT2D eigenvalue weighted by atomic mass is 10.3. The van der Waals surface area contributed by atoms with Crippen LogP contribution in [0.4, 0.5) is 0 Å². The first-order valence-electron chi connectivity index (χ1n) is 5.79. The van der Waals surface area contributed by atoms with Crippen molar-refractivity contribution >= 4 is 43.7 Å². The summed E-state index contributed by atoms with van der Waals surface area (Å²) < 4.78 is 29.8. The molecule has 0 aliphatic rings. The summed E-state index contributed by atoms with van der Waals surface area (Å²) >= 11 is -3.76. The van der Waals surface area contributed by atoms with Crippen molar-refractivity contribution in [1.29, 1.82) is 0 Å². The monoisotopic (exact) mass is 400 g/mol. The van der Waals surface area contributed by atoms with Gasteiger partial charge in [0.05, 0.1) is 35.9 Å². The van der Waals surface area contributed by atoms with Crippen molar-refractivity contribution < 1.29 is 37.4 Å². The van der Waals surface area contributed by atoms with Crippen LogP contribution in [0.25, 0.3) is 0 Å². The maximum atomic E-state index is 10.9. The minimum atomic E-state index is -1.88. The molecule has 0 aromatic heterocycles. The molecule has 10 nitrogen and oxygen atoms in total. The van der Waals surface area contributed by atoms with Crippen molar-refractivity contribution in [3.8, 4) is 0 Å². The van der Waals surface area contributed by atoms with E-state index in [0.717, 1.165) is 21.6 Å². The highest BCUT2D eigenvalue weighted by Gasteiger charge is 2.22. The fraction of sp³-hybridized carbons (Fsp3) is 1.00. The molecule has 0 aromatic rings. The fourth-order valence-corrected chi connectivity index (χ4v) is 4.53. The molecule has 0 fully saturated rings. The van der Waals surface area contributed by atoms with E-state index in [0.29, 0.717) is 0 Å². The molecule has 8 N–H and O–H groups in total. The average Bonchev–Trinajstić information content (AvgIpc) is 2.50. The second-order valence-electron chi connectivity index (χ2n) is 3.97. The lowest BCUT2D eigenvalue weighted by molar-refractivity contribution is 0.0479. The molecule has 0 saturated heterocycles. The molecule has 0 rings (SSSR count). The van der Waals surface area contributed by atoms with Crippen LogP contribution in [0, 0.1) is 0 Å². The van der Waals surface area contributed by atoms with Crippen molar-refractivity contribution in [3.63, 3.8) is 0 Å². The van der Waals surface area contributed by atoms with Crippen LogP contribution in [0.5, 0.6) is 0 Å². The summed E-state index contributed by atoms with van der Waals surface area (Å²) in [5.41, 5.74) is 0. The predicted molar refractivity (Wildman–Crippen MR) is 85.5 cm³/mol. The summed E-state index contributed by atoms with van der Waals surface area (Å²) in [5.74, 6) is 8.85. The maximum absolute atomic E-state index is 10.9. The SMILES string of the molecule is NOS(=O)C[C@@H](O)[C@H](O)CSSC[C@@H](O)[C@H](O)CS(=O)ON. The molecule has 0 aliphatic heterocycles. The topological polar surface area (TPSA) is 186 Å². The van der Waals surface area contributed by atoms with Crippen LogP contribution in [-0.2, 0) is 30.7 Å². The largest absolute Gasteiger partial charge is 0.389 e. The van der Waals surface area contributed by atoms with Crippen LogP contribution < -0.4 is 11.8 Å². The number of aliphatic hydroxyl groups is 4. The zero-order valence-electron chi connectivity index (χ0n) is 11.3. The molecule has 0 spiro atoms. The lowest BCUT2D eigenvalue weighted by Gasteiger charge is -2.18. The van der Waals surface area contributed by atoms with E-state index >= 15 is 0 Å². The standard InChI is InChI=1S/C8H20N2O8S4/c9-17-21(15)3-7(13)5(11)1-19-20-2-6(12)8(14)4-22(16)18-10/h5-8,11-14H,1-4,9-10H2/t5-,6-,7-,8-,21?,22?/m1/s1. The van der Waals surface area contributed by atoms with E-state index in [-0.39, 0.29) is 23.0 Å². The lowest BCUT2D eigenvalue weighted by Crippen LogP contribution is -2.34. The van der Waals surface area contributed by atoms with Gasteiger partial charge >= 0.3 is 0 Å². The highest BCUT2D eigenvalue weighted by molar-refractivity contribution is 8.76. The van der Waals surface area contributed by atoms with Gasteiger partial charge < -0.3 is 20.4 Å². The van der Waals surface area contributed by atoms with Gasteiger partial charge in [-0.3, -0.25) is 0 Å². The van der Waals surface area contributed by atoms with E-state index in [4.69, 9.17) is 0 Å². The molecule has 2 unspecified atom stereocenters. The molecule has 0 heterocycles. The molecule has 0 aliphatic carbocycles. The Labute approximate surface area is 140 Å². The Kier molecular flexibility index (Phi) is 13.4. The predicted octanol–water partition coefficient (Wildman–Crippen LogP) is -3.08. The Bertz CT molecular complexity index is 320. The molecular weight excluding hydrogens is 380 g/mol. The van der Waals surface area contributed by atoms with Crippen LogP contribution in [0.2, 0.25) is 0 Å². The molecule has 14 heteroatoms. The summed E-state index contributed by atoms with van der Waals surface area (Å²) in [6.45, 7) is 0. The quantitative estimate of drug-likeness (QED) is 0.104. The van der Waals surface area contributed by atoms with Gasteiger partial charge in [-0.15, -0.1) is 0 Å². The Morgan fingerprint density at radius 3 is 1.36 bits per heavy atom. The average molecular weight is 401 g/mol. The van der Waals surface area contributed by atoms with Crippen LogP contribution in [-0.4, -0.2) is 76.3 Å². The molecule has 0 amide bonds. The minimum Gasteiger partial charge on any atom is -0.389 e. The summed E-state index contributed by atoms with van der Waals surface area (Å²) in [6, 6.07) is 0. The number of hydrogen-bond acceptors (Lipinski definition) is 12. The smallest absolute Gasteiger partial charge is 0.175 e. The third kappa shape index (κ3) is 10.5. The minimum absolute atomic E-state index is 0.0915. The van der Waals surface area contributed by atoms with Gasteiger partial charge in [0.2, 0.25) is 0 Å². The summed E-state index contributed by atoms with van der Waals surface area (Å²) in [4.78, 5) is 0. The molecule has 0 saturated carbocycles. The zero-order chi connectivity index (χ0) is 17.1. The molecule has 22 heavy (non-hydrogen) atoms. The van der Waals surface area contributed by atoms with E-state index < -0.39 is 46.6 Å². The summed E-state index contributed by atoms with van der Waals surface area (Å²) in [7, 11) is 2.25. The third-order valence-corrected chi connectivity index (χ3v) is 6.37. The first-order valence-corrected chi connectivity index (χ1v) is 10.8. The molecule has 134 valence electrons. The van der Waals surface area contributed by atoms with Crippen molar-refractivity contribution in [2.45, 2.75) is 24.4 Å². The first-order chi connectivity index (χ1) is 10.3. The fourth-order valence-electron chi connectivity index (χ4n) is 1.04. The third-order valence-electron chi connectivity index (χ3n) is 2.28. The van der Waals surface area contributed by atoms with E-state index in [9.17, 15) is 28.8 Å². The highest BCUT2D eigenvalue weighted by atomic mass is 33.1. The van der Waals surface area contributed by atoms with Crippen LogP contribution in [0.15, 0.2) is 0 Å². The molecule has 0 aromatic carbocycles. The highest BCUT2D eigenvalue weighted by Crippen LogP contribution is 2.24. The molecular formula is C8H20N2O8S4. The number of rotatable bonds is 13. The van der Waals surface area contributed by atoms with Gasteiger partial charge in [0.1, 0.15) is 0 Å². The van der Waals surface area contributed by atoms with Gasteiger partial charge in [-0.25, -0.2) is 17.0 Å². The van der Waals surface area contributed by atoms with Crippen LogP contribution in [0.3, 0.4) is 0 Å². The zero-order valence-corrected chi connectivity index (χ0v) is 14.6. The van der Waals surface area contributed by atoms with Gasteiger partial charge in [-0.1, -0.05) is 21.6 Å². The molecule has 6 atom stereocenters. The van der Waals surface area contributed by atoms with E-state index in [2.05, 4.69) is 20.4 Å². The number of hydrogen-bond donors (Lipinski definition) is 6. The van der Waals surface area contributed by atoms with Crippen LogP contribution >= 0.6 is 21.6 Å². The first kappa shape index (κ1) is 22.7. The van der Waals surface area contributed by atoms with Gasteiger partial charge in [-0.2, -0.15) is 11.8 Å². The van der Waals surface area contributed by atoms with E-state index in [1.807, 2.05) is 0 Å². The summed E-state index contributed by atoms with van der Waals surface area (Å²) in [6.07, 6.45) is -4.84. The Morgan fingerprint density at radius 1 is 0.773 bits per heavy atom. The van der Waals surface area contributed by atoms with Gasteiger partial charge in [0, 0.05) is 11.5 Å². The Morgan fingerprint density at radius 2 is 1.09 bits per heavy atom. The second kappa shape index (κ2) is 13.0. The van der Waals surface area contributed by atoms with Crippen molar-refractivity contribution in [3.05, 3.63) is 0 Å². The number of nitrogens with two attached hydrogens (primary N) is 2. The Balaban J connectivity index is 3.86. The Hall–Kier alpha value is 0.680. The van der Waals surface area contributed by atoms with Crippen molar-refractivity contribution in [1.82, 2.24) is 0 Å². The van der Waals surface area contributed by atoms with Gasteiger partial charge in [-0.05, 0) is 0 Å². The second-order valence-corrected chi connectivity index (χ2v) is 8.79. The normalized spacial score (nSPS) is 20.1. The van der Waals surface area contributed by atoms with Crippen LogP contribution in [0.1, 0.15) is 0 Å². The molecule has 0 bridgehead atoms.